The molecule has 1 fully saturated rings. The first-order valence-electron chi connectivity index (χ1n) is 11.0. The topological polar surface area (TPSA) is 71.8 Å². The highest BCUT2D eigenvalue weighted by atomic mass is 35.5. The van der Waals surface area contributed by atoms with E-state index in [9.17, 15) is 22.0 Å². The van der Waals surface area contributed by atoms with Gasteiger partial charge in [0.25, 0.3) is 16.4 Å². The molecule has 0 N–H and O–H groups in total. The Kier molecular flexibility index (Phi) is 6.72. The van der Waals surface area contributed by atoms with Crippen LogP contribution in [0.5, 0.6) is 0 Å². The molecule has 0 bridgehead atoms. The van der Waals surface area contributed by atoms with Crippen LogP contribution in [0.3, 0.4) is 0 Å². The second-order valence-electron chi connectivity index (χ2n) is 9.30. The Bertz CT molecular complexity index is 1340. The van der Waals surface area contributed by atoms with Crippen LogP contribution in [0, 0.1) is 0 Å². The van der Waals surface area contributed by atoms with Crippen LogP contribution < -0.4 is 4.90 Å². The van der Waals surface area contributed by atoms with Crippen molar-refractivity contribution in [2.24, 2.45) is 0 Å². The molecule has 1 amide bonds. The number of halogens is 3. The zero-order valence-electron chi connectivity index (χ0n) is 19.5. The lowest BCUT2D eigenvalue weighted by Gasteiger charge is -2.36. The SMILES string of the molecule is CC(C)(C)OC(=O)N1CCN(c2ccc3c(c2)c(C(F)F)cn3S(=O)(=O)c2ccc(Cl)cc2)CC1. The van der Waals surface area contributed by atoms with Crippen molar-refractivity contribution in [3.63, 3.8) is 0 Å². The quantitative estimate of drug-likeness (QED) is 0.448. The summed E-state index contributed by atoms with van der Waals surface area (Å²) >= 11 is 5.86. The van der Waals surface area contributed by atoms with Gasteiger partial charge in [0, 0.05) is 54.0 Å². The number of anilines is 1. The minimum absolute atomic E-state index is 0.0537. The number of alkyl halides is 2. The van der Waals surface area contributed by atoms with Crippen molar-refractivity contribution >= 4 is 44.3 Å². The summed E-state index contributed by atoms with van der Waals surface area (Å²) in [6.07, 6.45) is -2.28. The first-order chi connectivity index (χ1) is 16.4. The maximum absolute atomic E-state index is 13.9. The van der Waals surface area contributed by atoms with E-state index in [0.717, 1.165) is 10.2 Å². The van der Waals surface area contributed by atoms with Crippen LogP contribution in [-0.4, -0.2) is 55.2 Å². The van der Waals surface area contributed by atoms with Crippen LogP contribution in [-0.2, 0) is 14.8 Å². The van der Waals surface area contributed by atoms with E-state index in [2.05, 4.69) is 0 Å². The second-order valence-corrected chi connectivity index (χ2v) is 11.5. The highest BCUT2D eigenvalue weighted by Gasteiger charge is 2.28. The third-order valence-corrected chi connectivity index (χ3v) is 7.63. The molecule has 1 aliphatic rings. The molecule has 1 aliphatic heterocycles. The Morgan fingerprint density at radius 2 is 1.66 bits per heavy atom. The standard InChI is InChI=1S/C24H26ClF2N3O4S/c1-24(2,3)34-23(31)29-12-10-28(11-13-29)17-6-9-21-19(14-17)20(22(26)27)15-30(21)35(32,33)18-7-4-16(25)5-8-18/h4-9,14-15,22H,10-13H2,1-3H3. The van der Waals surface area contributed by atoms with Gasteiger partial charge in [0.15, 0.2) is 0 Å². The van der Waals surface area contributed by atoms with E-state index in [4.69, 9.17) is 16.3 Å². The van der Waals surface area contributed by atoms with Crippen LogP contribution in [0.25, 0.3) is 10.9 Å². The van der Waals surface area contributed by atoms with Crippen LogP contribution in [0.1, 0.15) is 32.8 Å². The van der Waals surface area contributed by atoms with Crippen molar-refractivity contribution in [3.05, 3.63) is 59.2 Å². The number of piperazine rings is 1. The normalized spacial score (nSPS) is 15.2. The zero-order valence-corrected chi connectivity index (χ0v) is 21.1. The molecule has 188 valence electrons. The maximum Gasteiger partial charge on any atom is 0.410 e. The lowest BCUT2D eigenvalue weighted by atomic mass is 10.1. The average molecular weight is 526 g/mol. The Morgan fingerprint density at radius 1 is 1.03 bits per heavy atom. The van der Waals surface area contributed by atoms with E-state index >= 15 is 0 Å². The number of hydrogen-bond donors (Lipinski definition) is 0. The fourth-order valence-corrected chi connectivity index (χ4v) is 5.48. The molecule has 0 unspecified atom stereocenters. The summed E-state index contributed by atoms with van der Waals surface area (Å²) in [4.78, 5) is 15.8. The molecule has 35 heavy (non-hydrogen) atoms. The van der Waals surface area contributed by atoms with Gasteiger partial charge in [-0.1, -0.05) is 11.6 Å². The summed E-state index contributed by atoms with van der Waals surface area (Å²) in [5.74, 6) is 0. The van der Waals surface area contributed by atoms with Crippen molar-refractivity contribution in [2.75, 3.05) is 31.1 Å². The molecule has 3 aromatic rings. The highest BCUT2D eigenvalue weighted by molar-refractivity contribution is 7.90. The molecule has 0 spiro atoms. The van der Waals surface area contributed by atoms with E-state index in [1.165, 1.54) is 30.3 Å². The fourth-order valence-electron chi connectivity index (χ4n) is 3.98. The van der Waals surface area contributed by atoms with Crippen molar-refractivity contribution in [1.29, 1.82) is 0 Å². The van der Waals surface area contributed by atoms with Gasteiger partial charge in [-0.2, -0.15) is 0 Å². The number of carbonyl (C=O) groups excluding carboxylic acids is 1. The van der Waals surface area contributed by atoms with Gasteiger partial charge in [-0.15, -0.1) is 0 Å². The van der Waals surface area contributed by atoms with Crippen LogP contribution in [0.4, 0.5) is 19.3 Å². The van der Waals surface area contributed by atoms with Crippen molar-refractivity contribution in [3.8, 4) is 0 Å². The van der Waals surface area contributed by atoms with Gasteiger partial charge in [0.1, 0.15) is 5.60 Å². The highest BCUT2D eigenvalue weighted by Crippen LogP contribution is 2.35. The smallest absolute Gasteiger partial charge is 0.410 e. The summed E-state index contributed by atoms with van der Waals surface area (Å²) in [6, 6.07) is 10.4. The van der Waals surface area contributed by atoms with Gasteiger partial charge in [0.05, 0.1) is 10.4 Å². The van der Waals surface area contributed by atoms with Crippen LogP contribution in [0.2, 0.25) is 5.02 Å². The largest absolute Gasteiger partial charge is 0.444 e. The Balaban J connectivity index is 1.63. The Hall–Kier alpha value is -2.85. The van der Waals surface area contributed by atoms with E-state index < -0.39 is 28.1 Å². The molecule has 4 rings (SSSR count). The van der Waals surface area contributed by atoms with Crippen LogP contribution in [0.15, 0.2) is 53.6 Å². The van der Waals surface area contributed by atoms with Gasteiger partial charge < -0.3 is 14.5 Å². The summed E-state index contributed by atoms with van der Waals surface area (Å²) in [5, 5.41) is 0.524. The average Bonchev–Trinajstić information content (AvgIpc) is 3.18. The molecule has 0 radical (unpaired) electrons. The predicted octanol–water partition coefficient (Wildman–Crippen LogP) is 5.53. The number of carbonyl (C=O) groups is 1. The van der Waals surface area contributed by atoms with E-state index in [1.54, 1.807) is 37.8 Å². The van der Waals surface area contributed by atoms with E-state index in [-0.39, 0.29) is 21.4 Å². The lowest BCUT2D eigenvalue weighted by Crippen LogP contribution is -2.50. The van der Waals surface area contributed by atoms with E-state index in [0.29, 0.717) is 36.9 Å². The number of rotatable bonds is 4. The Morgan fingerprint density at radius 3 is 2.23 bits per heavy atom. The summed E-state index contributed by atoms with van der Waals surface area (Å²) in [5.41, 5.74) is -0.132. The third kappa shape index (κ3) is 5.23. The third-order valence-electron chi connectivity index (χ3n) is 5.69. The minimum atomic E-state index is -4.11. The molecular weight excluding hydrogens is 500 g/mol. The predicted molar refractivity (Wildman–Crippen MR) is 131 cm³/mol. The second kappa shape index (κ2) is 9.31. The fraction of sp³-hybridized carbons (Fsp3) is 0.375. The number of fused-ring (bicyclic) bond motifs is 1. The van der Waals surface area contributed by atoms with Crippen molar-refractivity contribution in [2.45, 2.75) is 37.7 Å². The van der Waals surface area contributed by atoms with Gasteiger partial charge in [-0.3, -0.25) is 0 Å². The van der Waals surface area contributed by atoms with Gasteiger partial charge in [-0.05, 0) is 63.2 Å². The van der Waals surface area contributed by atoms with Crippen molar-refractivity contribution in [1.82, 2.24) is 8.87 Å². The molecule has 7 nitrogen and oxygen atoms in total. The molecule has 0 atom stereocenters. The first kappa shape index (κ1) is 25.2. The number of ether oxygens (including phenoxy) is 1. The molecule has 0 saturated carbocycles. The summed E-state index contributed by atoms with van der Waals surface area (Å²) < 4.78 is 60.5. The molecule has 2 heterocycles. The lowest BCUT2D eigenvalue weighted by molar-refractivity contribution is 0.0240. The molecule has 2 aromatic carbocycles. The van der Waals surface area contributed by atoms with Gasteiger partial charge in [-0.25, -0.2) is 26.0 Å². The summed E-state index contributed by atoms with van der Waals surface area (Å²) in [7, 11) is -4.11. The number of nitrogens with zero attached hydrogens (tertiary/aromatic N) is 3. The zero-order chi connectivity index (χ0) is 25.5. The van der Waals surface area contributed by atoms with E-state index in [1.807, 2.05) is 4.90 Å². The van der Waals surface area contributed by atoms with Gasteiger partial charge in [0.2, 0.25) is 0 Å². The monoisotopic (exact) mass is 525 g/mol. The molecule has 1 aromatic heterocycles. The minimum Gasteiger partial charge on any atom is -0.444 e. The first-order valence-corrected chi connectivity index (χ1v) is 12.9. The molecule has 1 saturated heterocycles. The number of aromatic nitrogens is 1. The number of amides is 1. The Labute approximate surface area is 207 Å². The number of benzene rings is 2. The summed E-state index contributed by atoms with van der Waals surface area (Å²) in [6.45, 7) is 7.21. The van der Waals surface area contributed by atoms with Crippen molar-refractivity contribution < 1.29 is 26.7 Å². The molecule has 11 heteroatoms. The molecule has 0 aliphatic carbocycles. The van der Waals surface area contributed by atoms with Gasteiger partial charge >= 0.3 is 6.09 Å². The maximum atomic E-state index is 13.9. The number of hydrogen-bond acceptors (Lipinski definition) is 5. The van der Waals surface area contributed by atoms with Crippen LogP contribution >= 0.6 is 11.6 Å². The molecular formula is C24H26ClF2N3O4S.